The normalized spacial score (nSPS) is 18.0. The molecule has 0 aromatic heterocycles. The van der Waals surface area contributed by atoms with E-state index in [2.05, 4.69) is 5.16 Å². The number of amidine groups is 1. The Morgan fingerprint density at radius 2 is 1.81 bits per heavy atom. The van der Waals surface area contributed by atoms with Gasteiger partial charge in [-0.05, 0) is 31.6 Å². The Kier molecular flexibility index (Phi) is 6.95. The van der Waals surface area contributed by atoms with Gasteiger partial charge in [0.1, 0.15) is 5.41 Å². The molecular weight excluding hydrogens is 270 g/mol. The van der Waals surface area contributed by atoms with Crippen LogP contribution in [0.15, 0.2) is 5.16 Å². The summed E-state index contributed by atoms with van der Waals surface area (Å²) in [5.41, 5.74) is 5.01. The number of amides is 1. The molecule has 122 valence electrons. The smallest absolute Gasteiger partial charge is 0.236 e. The van der Waals surface area contributed by atoms with E-state index in [0.29, 0.717) is 25.9 Å². The van der Waals surface area contributed by atoms with Gasteiger partial charge in [0.15, 0.2) is 5.84 Å². The minimum Gasteiger partial charge on any atom is -0.409 e. The Labute approximate surface area is 127 Å². The van der Waals surface area contributed by atoms with Crippen LogP contribution >= 0.6 is 0 Å². The van der Waals surface area contributed by atoms with Crippen molar-refractivity contribution in [3.63, 3.8) is 0 Å². The van der Waals surface area contributed by atoms with E-state index in [-0.39, 0.29) is 24.3 Å². The topological polar surface area (TPSA) is 99.2 Å². The molecule has 1 heterocycles. The summed E-state index contributed by atoms with van der Waals surface area (Å²) in [5.74, 6) is 0.281. The molecule has 1 amide bonds. The van der Waals surface area contributed by atoms with Gasteiger partial charge in [-0.15, -0.1) is 0 Å². The molecule has 4 N–H and O–H groups in total. The van der Waals surface area contributed by atoms with E-state index in [9.17, 15) is 9.90 Å². The maximum atomic E-state index is 13.0. The van der Waals surface area contributed by atoms with Crippen molar-refractivity contribution >= 4 is 11.7 Å². The molecule has 1 saturated heterocycles. The van der Waals surface area contributed by atoms with Crippen LogP contribution in [-0.4, -0.2) is 46.7 Å². The number of aliphatic hydroxyl groups is 1. The fourth-order valence-electron chi connectivity index (χ4n) is 3.28. The summed E-state index contributed by atoms with van der Waals surface area (Å²) in [4.78, 5) is 14.8. The molecular formula is C15H29N3O3. The predicted molar refractivity (Wildman–Crippen MR) is 82.0 cm³/mol. The van der Waals surface area contributed by atoms with Crippen molar-refractivity contribution in [2.45, 2.75) is 52.4 Å². The highest BCUT2D eigenvalue weighted by Crippen LogP contribution is 2.34. The molecule has 1 aliphatic rings. The Morgan fingerprint density at radius 1 is 1.29 bits per heavy atom. The third-order valence-corrected chi connectivity index (χ3v) is 4.52. The van der Waals surface area contributed by atoms with Crippen LogP contribution in [0, 0.1) is 11.3 Å². The Hall–Kier alpha value is -1.30. The molecule has 0 radical (unpaired) electrons. The molecule has 6 heteroatoms. The zero-order valence-electron chi connectivity index (χ0n) is 13.2. The second-order valence-corrected chi connectivity index (χ2v) is 5.99. The number of piperidine rings is 1. The summed E-state index contributed by atoms with van der Waals surface area (Å²) in [5, 5.41) is 21.5. The highest BCUT2D eigenvalue weighted by Gasteiger charge is 2.44. The van der Waals surface area contributed by atoms with Crippen molar-refractivity contribution in [3.05, 3.63) is 0 Å². The van der Waals surface area contributed by atoms with Gasteiger partial charge in [0.2, 0.25) is 5.91 Å². The minimum atomic E-state index is -0.885. The van der Waals surface area contributed by atoms with Crippen molar-refractivity contribution in [2.24, 2.45) is 22.2 Å². The fourth-order valence-corrected chi connectivity index (χ4v) is 3.28. The van der Waals surface area contributed by atoms with Crippen molar-refractivity contribution in [1.29, 1.82) is 0 Å². The molecule has 0 atom stereocenters. The SMILES string of the molecule is CCCC(CCC)(C(=O)N1CCC(CO)CC1)C(N)=NO. The van der Waals surface area contributed by atoms with Crippen molar-refractivity contribution < 1.29 is 15.1 Å². The van der Waals surface area contributed by atoms with Crippen LogP contribution in [-0.2, 0) is 4.79 Å². The number of nitrogens with zero attached hydrogens (tertiary/aromatic N) is 2. The number of carbonyl (C=O) groups excluding carboxylic acids is 1. The average Bonchev–Trinajstić information content (AvgIpc) is 2.53. The predicted octanol–water partition coefficient (Wildman–Crippen LogP) is 1.55. The van der Waals surface area contributed by atoms with Gasteiger partial charge in [0.25, 0.3) is 0 Å². The maximum absolute atomic E-state index is 13.0. The average molecular weight is 299 g/mol. The molecule has 0 aromatic rings. The molecule has 0 saturated carbocycles. The van der Waals surface area contributed by atoms with Gasteiger partial charge in [-0.3, -0.25) is 4.79 Å². The van der Waals surface area contributed by atoms with Gasteiger partial charge in [0, 0.05) is 19.7 Å². The van der Waals surface area contributed by atoms with Crippen LogP contribution < -0.4 is 5.73 Å². The lowest BCUT2D eigenvalue weighted by Crippen LogP contribution is -2.53. The van der Waals surface area contributed by atoms with Crippen LogP contribution in [0.5, 0.6) is 0 Å². The highest BCUT2D eigenvalue weighted by atomic mass is 16.4. The van der Waals surface area contributed by atoms with E-state index in [4.69, 9.17) is 10.9 Å². The van der Waals surface area contributed by atoms with Gasteiger partial charge in [-0.25, -0.2) is 0 Å². The summed E-state index contributed by atoms with van der Waals surface area (Å²) in [6, 6.07) is 0. The van der Waals surface area contributed by atoms with E-state index < -0.39 is 5.41 Å². The van der Waals surface area contributed by atoms with E-state index in [0.717, 1.165) is 25.7 Å². The van der Waals surface area contributed by atoms with Crippen LogP contribution in [0.3, 0.4) is 0 Å². The summed E-state index contributed by atoms with van der Waals surface area (Å²) in [6.45, 7) is 5.45. The largest absolute Gasteiger partial charge is 0.409 e. The van der Waals surface area contributed by atoms with Crippen LogP contribution in [0.25, 0.3) is 0 Å². The fraction of sp³-hybridized carbons (Fsp3) is 0.867. The molecule has 0 aromatic carbocycles. The number of oxime groups is 1. The monoisotopic (exact) mass is 299 g/mol. The molecule has 1 rings (SSSR count). The van der Waals surface area contributed by atoms with Gasteiger partial charge in [-0.1, -0.05) is 31.8 Å². The van der Waals surface area contributed by atoms with Crippen molar-refractivity contribution in [3.8, 4) is 0 Å². The summed E-state index contributed by atoms with van der Waals surface area (Å²) >= 11 is 0. The second-order valence-electron chi connectivity index (χ2n) is 5.99. The Balaban J connectivity index is 2.94. The molecule has 1 fully saturated rings. The van der Waals surface area contributed by atoms with Gasteiger partial charge >= 0.3 is 0 Å². The first-order chi connectivity index (χ1) is 10.1. The number of hydrogen-bond acceptors (Lipinski definition) is 4. The summed E-state index contributed by atoms with van der Waals surface area (Å²) in [7, 11) is 0. The van der Waals surface area contributed by atoms with E-state index in [1.807, 2.05) is 18.7 Å². The third kappa shape index (κ3) is 3.87. The highest BCUT2D eigenvalue weighted by molar-refractivity contribution is 6.06. The number of carbonyl (C=O) groups is 1. The maximum Gasteiger partial charge on any atom is 0.236 e. The summed E-state index contributed by atoms with van der Waals surface area (Å²) < 4.78 is 0. The van der Waals surface area contributed by atoms with Crippen molar-refractivity contribution in [2.75, 3.05) is 19.7 Å². The molecule has 0 aliphatic carbocycles. The second kappa shape index (κ2) is 8.22. The number of likely N-dealkylation sites (tertiary alicyclic amines) is 1. The van der Waals surface area contributed by atoms with Crippen LogP contribution in [0.4, 0.5) is 0 Å². The van der Waals surface area contributed by atoms with Gasteiger partial charge < -0.3 is 20.9 Å². The molecule has 1 aliphatic heterocycles. The quantitative estimate of drug-likeness (QED) is 0.287. The molecule has 21 heavy (non-hydrogen) atoms. The lowest BCUT2D eigenvalue weighted by molar-refractivity contribution is -0.141. The van der Waals surface area contributed by atoms with Gasteiger partial charge in [-0.2, -0.15) is 0 Å². The Morgan fingerprint density at radius 3 is 2.19 bits per heavy atom. The first-order valence-electron chi connectivity index (χ1n) is 7.93. The van der Waals surface area contributed by atoms with Crippen molar-refractivity contribution in [1.82, 2.24) is 4.90 Å². The first kappa shape index (κ1) is 17.8. The standard InChI is InChI=1S/C15H29N3O3/c1-3-7-15(8-4-2,13(16)17-21)14(20)18-9-5-12(11-19)6-10-18/h12,19,21H,3-11H2,1-2H3,(H2,16,17). The molecule has 0 unspecified atom stereocenters. The number of rotatable bonds is 7. The molecule has 6 nitrogen and oxygen atoms in total. The minimum absolute atomic E-state index is 0.0282. The summed E-state index contributed by atoms with van der Waals surface area (Å²) in [6.07, 6.45) is 4.41. The number of nitrogens with two attached hydrogens (primary N) is 1. The number of aliphatic hydroxyl groups excluding tert-OH is 1. The number of hydrogen-bond donors (Lipinski definition) is 3. The first-order valence-corrected chi connectivity index (χ1v) is 7.93. The lowest BCUT2D eigenvalue weighted by atomic mass is 9.76. The zero-order valence-corrected chi connectivity index (χ0v) is 13.2. The van der Waals surface area contributed by atoms with Gasteiger partial charge in [0.05, 0.1) is 0 Å². The van der Waals surface area contributed by atoms with E-state index in [1.165, 1.54) is 0 Å². The lowest BCUT2D eigenvalue weighted by Gasteiger charge is -2.39. The Bertz CT molecular complexity index is 357. The van der Waals surface area contributed by atoms with Crippen LogP contribution in [0.1, 0.15) is 52.4 Å². The van der Waals surface area contributed by atoms with Crippen LogP contribution in [0.2, 0.25) is 0 Å². The zero-order chi connectivity index (χ0) is 15.9. The molecule has 0 bridgehead atoms. The third-order valence-electron chi connectivity index (χ3n) is 4.52. The van der Waals surface area contributed by atoms with E-state index >= 15 is 0 Å². The van der Waals surface area contributed by atoms with E-state index in [1.54, 1.807) is 0 Å². The molecule has 0 spiro atoms.